The van der Waals surface area contributed by atoms with Crippen molar-refractivity contribution in [1.29, 1.82) is 0 Å². The Balaban J connectivity index is 2.36. The zero-order valence-electron chi connectivity index (χ0n) is 9.94. The number of hydrogen-bond acceptors (Lipinski definition) is 2. The summed E-state index contributed by atoms with van der Waals surface area (Å²) in [4.78, 5) is 4.36. The van der Waals surface area contributed by atoms with E-state index in [9.17, 15) is 4.39 Å². The van der Waals surface area contributed by atoms with Crippen LogP contribution in [-0.2, 0) is 0 Å². The van der Waals surface area contributed by atoms with Gasteiger partial charge in [0.1, 0.15) is 5.82 Å². The minimum Gasteiger partial charge on any atom is -0.319 e. The second kappa shape index (κ2) is 4.63. The summed E-state index contributed by atoms with van der Waals surface area (Å²) in [6.07, 6.45) is 1.80. The van der Waals surface area contributed by atoms with Crippen molar-refractivity contribution in [2.75, 3.05) is 0 Å². The third-order valence-corrected chi connectivity index (χ3v) is 2.78. The Bertz CT molecular complexity index is 520. The molecule has 1 aromatic carbocycles. The van der Waals surface area contributed by atoms with E-state index in [2.05, 4.69) is 4.98 Å². The molecule has 0 saturated heterocycles. The SMILES string of the molecule is Cc1cnc(C(N)c2ccc(F)cc2)c(C)c1. The number of halogens is 1. The summed E-state index contributed by atoms with van der Waals surface area (Å²) in [6.45, 7) is 3.98. The van der Waals surface area contributed by atoms with Crippen LogP contribution in [0.15, 0.2) is 36.5 Å². The van der Waals surface area contributed by atoms with Crippen molar-refractivity contribution in [1.82, 2.24) is 4.98 Å². The van der Waals surface area contributed by atoms with Crippen LogP contribution in [0.2, 0.25) is 0 Å². The second-order valence-electron chi connectivity index (χ2n) is 4.24. The number of nitrogens with zero attached hydrogens (tertiary/aromatic N) is 1. The number of hydrogen-bond donors (Lipinski definition) is 1. The molecule has 1 heterocycles. The van der Waals surface area contributed by atoms with Gasteiger partial charge in [0, 0.05) is 6.20 Å². The average molecular weight is 230 g/mol. The van der Waals surface area contributed by atoms with E-state index in [4.69, 9.17) is 5.73 Å². The lowest BCUT2D eigenvalue weighted by Crippen LogP contribution is -2.15. The van der Waals surface area contributed by atoms with Crippen molar-refractivity contribution in [3.05, 3.63) is 64.7 Å². The number of aromatic nitrogens is 1. The first-order valence-electron chi connectivity index (χ1n) is 5.52. The maximum absolute atomic E-state index is 12.8. The van der Waals surface area contributed by atoms with Gasteiger partial charge in [-0.1, -0.05) is 18.2 Å². The van der Waals surface area contributed by atoms with Crippen molar-refractivity contribution in [3.63, 3.8) is 0 Å². The van der Waals surface area contributed by atoms with E-state index < -0.39 is 0 Å². The lowest BCUT2D eigenvalue weighted by atomic mass is 10.00. The molecule has 17 heavy (non-hydrogen) atoms. The summed E-state index contributed by atoms with van der Waals surface area (Å²) < 4.78 is 12.8. The van der Waals surface area contributed by atoms with Gasteiger partial charge in [0.25, 0.3) is 0 Å². The van der Waals surface area contributed by atoms with E-state index in [1.807, 2.05) is 19.9 Å². The third-order valence-electron chi connectivity index (χ3n) is 2.78. The van der Waals surface area contributed by atoms with Crippen LogP contribution in [0.1, 0.15) is 28.4 Å². The number of rotatable bonds is 2. The molecule has 0 aliphatic rings. The molecule has 1 atom stereocenters. The summed E-state index contributed by atoms with van der Waals surface area (Å²) in [6, 6.07) is 7.96. The third kappa shape index (κ3) is 2.50. The Kier molecular flexibility index (Phi) is 3.20. The van der Waals surface area contributed by atoms with Crippen LogP contribution in [0.3, 0.4) is 0 Å². The Labute approximate surface area is 100 Å². The highest BCUT2D eigenvalue weighted by Gasteiger charge is 2.12. The van der Waals surface area contributed by atoms with Crippen LogP contribution in [-0.4, -0.2) is 4.98 Å². The van der Waals surface area contributed by atoms with Gasteiger partial charge in [-0.05, 0) is 42.7 Å². The zero-order chi connectivity index (χ0) is 12.4. The summed E-state index contributed by atoms with van der Waals surface area (Å²) >= 11 is 0. The molecular weight excluding hydrogens is 215 g/mol. The molecular formula is C14H15FN2. The minimum atomic E-state index is -0.309. The Morgan fingerprint density at radius 2 is 1.82 bits per heavy atom. The van der Waals surface area contributed by atoms with Gasteiger partial charge in [-0.3, -0.25) is 4.98 Å². The molecule has 2 N–H and O–H groups in total. The molecule has 0 bridgehead atoms. The highest BCUT2D eigenvalue weighted by Crippen LogP contribution is 2.21. The molecule has 1 unspecified atom stereocenters. The lowest BCUT2D eigenvalue weighted by molar-refractivity contribution is 0.626. The molecule has 2 nitrogen and oxygen atoms in total. The molecule has 0 aliphatic heterocycles. The number of aryl methyl sites for hydroxylation is 2. The normalized spacial score (nSPS) is 12.5. The molecule has 3 heteroatoms. The van der Waals surface area contributed by atoms with Gasteiger partial charge in [0.05, 0.1) is 11.7 Å². The van der Waals surface area contributed by atoms with E-state index in [0.29, 0.717) is 0 Å². The largest absolute Gasteiger partial charge is 0.319 e. The Morgan fingerprint density at radius 3 is 2.41 bits per heavy atom. The van der Waals surface area contributed by atoms with Crippen molar-refractivity contribution in [2.24, 2.45) is 5.73 Å². The topological polar surface area (TPSA) is 38.9 Å². The highest BCUT2D eigenvalue weighted by atomic mass is 19.1. The van der Waals surface area contributed by atoms with Crippen molar-refractivity contribution in [3.8, 4) is 0 Å². The van der Waals surface area contributed by atoms with Gasteiger partial charge < -0.3 is 5.73 Å². The maximum atomic E-state index is 12.8. The van der Waals surface area contributed by atoms with Gasteiger partial charge in [-0.15, -0.1) is 0 Å². The molecule has 0 saturated carbocycles. The lowest BCUT2D eigenvalue weighted by Gasteiger charge is -2.14. The summed E-state index contributed by atoms with van der Waals surface area (Å²) in [5.74, 6) is -0.255. The first kappa shape index (κ1) is 11.7. The highest BCUT2D eigenvalue weighted by molar-refractivity contribution is 5.33. The standard InChI is InChI=1S/C14H15FN2/c1-9-7-10(2)14(17-8-9)13(16)11-3-5-12(15)6-4-11/h3-8,13H,16H2,1-2H3. The van der Waals surface area contributed by atoms with Crippen LogP contribution in [0.4, 0.5) is 4.39 Å². The fraction of sp³-hybridized carbons (Fsp3) is 0.214. The van der Waals surface area contributed by atoms with Gasteiger partial charge in [-0.2, -0.15) is 0 Å². The van der Waals surface area contributed by atoms with Gasteiger partial charge in [0.15, 0.2) is 0 Å². The number of pyridine rings is 1. The quantitative estimate of drug-likeness (QED) is 0.861. The fourth-order valence-corrected chi connectivity index (χ4v) is 1.88. The van der Waals surface area contributed by atoms with Gasteiger partial charge >= 0.3 is 0 Å². The first-order chi connectivity index (χ1) is 8.08. The molecule has 0 aliphatic carbocycles. The van der Waals surface area contributed by atoms with E-state index >= 15 is 0 Å². The minimum absolute atomic E-state index is 0.255. The van der Waals surface area contributed by atoms with Gasteiger partial charge in [-0.25, -0.2) is 4.39 Å². The van der Waals surface area contributed by atoms with Crippen molar-refractivity contribution in [2.45, 2.75) is 19.9 Å². The summed E-state index contributed by atoms with van der Waals surface area (Å²) in [7, 11) is 0. The molecule has 0 fully saturated rings. The van der Waals surface area contributed by atoms with Crippen LogP contribution in [0.25, 0.3) is 0 Å². The second-order valence-corrected chi connectivity index (χ2v) is 4.24. The number of benzene rings is 1. The van der Waals surface area contributed by atoms with Crippen molar-refractivity contribution >= 4 is 0 Å². The molecule has 0 amide bonds. The van der Waals surface area contributed by atoms with Crippen LogP contribution >= 0.6 is 0 Å². The molecule has 88 valence electrons. The molecule has 0 spiro atoms. The van der Waals surface area contributed by atoms with E-state index in [0.717, 1.165) is 22.4 Å². The van der Waals surface area contributed by atoms with Crippen LogP contribution < -0.4 is 5.73 Å². The monoisotopic (exact) mass is 230 g/mol. The fourth-order valence-electron chi connectivity index (χ4n) is 1.88. The smallest absolute Gasteiger partial charge is 0.123 e. The predicted molar refractivity (Wildman–Crippen MR) is 66.1 cm³/mol. The average Bonchev–Trinajstić information content (AvgIpc) is 2.29. The van der Waals surface area contributed by atoms with E-state index in [1.165, 1.54) is 12.1 Å². The molecule has 2 rings (SSSR count). The summed E-state index contributed by atoms with van der Waals surface area (Å²) in [5, 5.41) is 0. The maximum Gasteiger partial charge on any atom is 0.123 e. The van der Waals surface area contributed by atoms with E-state index in [1.54, 1.807) is 18.3 Å². The first-order valence-corrected chi connectivity index (χ1v) is 5.52. The molecule has 0 radical (unpaired) electrons. The van der Waals surface area contributed by atoms with E-state index in [-0.39, 0.29) is 11.9 Å². The zero-order valence-corrected chi connectivity index (χ0v) is 9.94. The number of nitrogens with two attached hydrogens (primary N) is 1. The van der Waals surface area contributed by atoms with Crippen molar-refractivity contribution < 1.29 is 4.39 Å². The Hall–Kier alpha value is -1.74. The predicted octanol–water partition coefficient (Wildman–Crippen LogP) is 2.89. The Morgan fingerprint density at radius 1 is 1.18 bits per heavy atom. The molecule has 1 aromatic heterocycles. The van der Waals surface area contributed by atoms with Crippen LogP contribution in [0.5, 0.6) is 0 Å². The molecule has 2 aromatic rings. The summed E-state index contributed by atoms with van der Waals surface area (Å²) in [5.41, 5.74) is 10.0. The van der Waals surface area contributed by atoms with Gasteiger partial charge in [0.2, 0.25) is 0 Å². The van der Waals surface area contributed by atoms with Crippen LogP contribution in [0, 0.1) is 19.7 Å².